The number of pyridine rings is 1. The van der Waals surface area contributed by atoms with E-state index in [-0.39, 0.29) is 0 Å². The number of oxime groups is 1. The SMILES string of the molecule is CCOC(=O)c1ccnc(/C(Cc2cccc(-c3ccccc3)c2)=N/O)c1. The number of carbonyl (C=O) groups is 1. The lowest BCUT2D eigenvalue weighted by molar-refractivity contribution is 0.0526. The van der Waals surface area contributed by atoms with Crippen LogP contribution in [-0.2, 0) is 11.2 Å². The van der Waals surface area contributed by atoms with E-state index in [9.17, 15) is 10.0 Å². The van der Waals surface area contributed by atoms with Crippen LogP contribution in [0, 0.1) is 0 Å². The van der Waals surface area contributed by atoms with Crippen LogP contribution in [0.5, 0.6) is 0 Å². The molecule has 0 aliphatic heterocycles. The van der Waals surface area contributed by atoms with Crippen molar-refractivity contribution < 1.29 is 14.7 Å². The van der Waals surface area contributed by atoms with Gasteiger partial charge in [0.05, 0.1) is 17.9 Å². The maximum Gasteiger partial charge on any atom is 0.338 e. The fourth-order valence-electron chi connectivity index (χ4n) is 2.79. The summed E-state index contributed by atoms with van der Waals surface area (Å²) in [4.78, 5) is 16.1. The minimum absolute atomic E-state index is 0.295. The van der Waals surface area contributed by atoms with Crippen LogP contribution in [0.3, 0.4) is 0 Å². The molecule has 1 heterocycles. The molecule has 0 bridgehead atoms. The van der Waals surface area contributed by atoms with E-state index in [4.69, 9.17) is 4.74 Å². The first-order chi connectivity index (χ1) is 13.2. The summed E-state index contributed by atoms with van der Waals surface area (Å²) in [5, 5.41) is 12.9. The minimum Gasteiger partial charge on any atom is -0.462 e. The highest BCUT2D eigenvalue weighted by Crippen LogP contribution is 2.21. The van der Waals surface area contributed by atoms with Crippen molar-refractivity contribution in [3.63, 3.8) is 0 Å². The first-order valence-electron chi connectivity index (χ1n) is 8.70. The molecule has 0 fully saturated rings. The van der Waals surface area contributed by atoms with Gasteiger partial charge in [0.2, 0.25) is 0 Å². The third-order valence-corrected chi connectivity index (χ3v) is 4.09. The zero-order valence-corrected chi connectivity index (χ0v) is 15.0. The molecule has 0 spiro atoms. The van der Waals surface area contributed by atoms with Gasteiger partial charge in [-0.25, -0.2) is 4.79 Å². The van der Waals surface area contributed by atoms with E-state index >= 15 is 0 Å². The smallest absolute Gasteiger partial charge is 0.338 e. The number of benzene rings is 2. The number of esters is 1. The fraction of sp³-hybridized carbons (Fsp3) is 0.136. The van der Waals surface area contributed by atoms with Crippen molar-refractivity contribution >= 4 is 11.7 Å². The van der Waals surface area contributed by atoms with E-state index in [0.717, 1.165) is 16.7 Å². The van der Waals surface area contributed by atoms with Gasteiger partial charge in [-0.2, -0.15) is 0 Å². The maximum absolute atomic E-state index is 11.9. The van der Waals surface area contributed by atoms with Gasteiger partial charge in [0.1, 0.15) is 5.71 Å². The van der Waals surface area contributed by atoms with Gasteiger partial charge >= 0.3 is 5.97 Å². The van der Waals surface area contributed by atoms with Crippen molar-refractivity contribution in [2.75, 3.05) is 6.61 Å². The lowest BCUT2D eigenvalue weighted by Crippen LogP contribution is -2.11. The number of carbonyl (C=O) groups excluding carboxylic acids is 1. The van der Waals surface area contributed by atoms with E-state index < -0.39 is 5.97 Å². The third kappa shape index (κ3) is 4.58. The monoisotopic (exact) mass is 360 g/mol. The topological polar surface area (TPSA) is 71.8 Å². The van der Waals surface area contributed by atoms with Gasteiger partial charge in [0, 0.05) is 12.6 Å². The summed E-state index contributed by atoms with van der Waals surface area (Å²) in [5.74, 6) is -0.426. The van der Waals surface area contributed by atoms with Gasteiger partial charge in [-0.3, -0.25) is 4.98 Å². The molecule has 5 heteroatoms. The Morgan fingerprint density at radius 2 is 1.81 bits per heavy atom. The Morgan fingerprint density at radius 3 is 2.56 bits per heavy atom. The molecule has 0 aliphatic rings. The van der Waals surface area contributed by atoms with Crippen LogP contribution in [0.4, 0.5) is 0 Å². The second-order valence-electron chi connectivity index (χ2n) is 5.94. The Hall–Kier alpha value is -3.47. The van der Waals surface area contributed by atoms with Crippen LogP contribution in [0.25, 0.3) is 11.1 Å². The molecule has 0 saturated carbocycles. The molecule has 2 aromatic carbocycles. The zero-order valence-electron chi connectivity index (χ0n) is 15.0. The molecule has 3 rings (SSSR count). The van der Waals surface area contributed by atoms with Gasteiger partial charge < -0.3 is 9.94 Å². The number of aromatic nitrogens is 1. The zero-order chi connectivity index (χ0) is 19.1. The Kier molecular flexibility index (Phi) is 5.94. The van der Waals surface area contributed by atoms with Crippen LogP contribution in [0.15, 0.2) is 78.1 Å². The molecular weight excluding hydrogens is 340 g/mol. The number of rotatable bonds is 6. The summed E-state index contributed by atoms with van der Waals surface area (Å²) in [6.07, 6.45) is 1.89. The Balaban J connectivity index is 1.84. The van der Waals surface area contributed by atoms with Crippen LogP contribution in [0.1, 0.15) is 28.5 Å². The van der Waals surface area contributed by atoms with Gasteiger partial charge in [-0.1, -0.05) is 59.8 Å². The van der Waals surface area contributed by atoms with Gasteiger partial charge in [0.15, 0.2) is 0 Å². The molecule has 27 heavy (non-hydrogen) atoms. The van der Waals surface area contributed by atoms with Gasteiger partial charge in [-0.15, -0.1) is 0 Å². The second kappa shape index (κ2) is 8.76. The lowest BCUT2D eigenvalue weighted by atomic mass is 9.99. The predicted octanol–water partition coefficient (Wildman–Crippen LogP) is 4.35. The molecule has 1 aromatic heterocycles. The van der Waals surface area contributed by atoms with Crippen molar-refractivity contribution in [3.8, 4) is 11.1 Å². The molecular formula is C22H20N2O3. The number of nitrogens with zero attached hydrogens (tertiary/aromatic N) is 2. The Labute approximate surface area is 158 Å². The summed E-state index contributed by atoms with van der Waals surface area (Å²) in [6, 6.07) is 21.2. The standard InChI is InChI=1S/C22H20N2O3/c1-2-27-22(25)19-11-12-23-20(15-19)21(24-26)14-16-7-6-10-18(13-16)17-8-4-3-5-9-17/h3-13,15,26H,2,14H2,1H3/b24-21+. The third-order valence-electron chi connectivity index (χ3n) is 4.09. The van der Waals surface area contributed by atoms with Crippen LogP contribution in [-0.4, -0.2) is 28.5 Å². The summed E-state index contributed by atoms with van der Waals surface area (Å²) >= 11 is 0. The molecule has 0 unspecified atom stereocenters. The van der Waals surface area contributed by atoms with Gasteiger partial charge in [-0.05, 0) is 35.7 Å². The van der Waals surface area contributed by atoms with E-state index in [1.165, 1.54) is 6.20 Å². The highest BCUT2D eigenvalue weighted by atomic mass is 16.5. The normalized spacial score (nSPS) is 11.2. The second-order valence-corrected chi connectivity index (χ2v) is 5.94. The molecule has 0 atom stereocenters. The average Bonchev–Trinajstić information content (AvgIpc) is 2.73. The first kappa shape index (κ1) is 18.3. The first-order valence-corrected chi connectivity index (χ1v) is 8.70. The molecule has 1 N–H and O–H groups in total. The summed E-state index contributed by atoms with van der Waals surface area (Å²) < 4.78 is 5.01. The van der Waals surface area contributed by atoms with Crippen molar-refractivity contribution in [1.82, 2.24) is 4.98 Å². The number of hydrogen-bond acceptors (Lipinski definition) is 5. The minimum atomic E-state index is -0.426. The average molecular weight is 360 g/mol. The lowest BCUT2D eigenvalue weighted by Gasteiger charge is -2.08. The summed E-state index contributed by atoms with van der Waals surface area (Å²) in [5.41, 5.74) is 4.37. The molecule has 0 saturated heterocycles. The van der Waals surface area contributed by atoms with Crippen molar-refractivity contribution in [3.05, 3.63) is 89.7 Å². The van der Waals surface area contributed by atoms with E-state index in [1.807, 2.05) is 48.5 Å². The van der Waals surface area contributed by atoms with Crippen molar-refractivity contribution in [1.29, 1.82) is 0 Å². The van der Waals surface area contributed by atoms with E-state index in [2.05, 4.69) is 16.2 Å². The maximum atomic E-state index is 11.9. The molecule has 136 valence electrons. The molecule has 0 aliphatic carbocycles. The molecule has 0 radical (unpaired) electrons. The predicted molar refractivity (Wildman–Crippen MR) is 104 cm³/mol. The highest BCUT2D eigenvalue weighted by molar-refractivity contribution is 6.01. The molecule has 5 nitrogen and oxygen atoms in total. The quantitative estimate of drug-likeness (QED) is 0.307. The number of hydrogen-bond donors (Lipinski definition) is 1. The molecule has 3 aromatic rings. The van der Waals surface area contributed by atoms with Crippen LogP contribution in [0.2, 0.25) is 0 Å². The molecule has 0 amide bonds. The van der Waals surface area contributed by atoms with Crippen LogP contribution >= 0.6 is 0 Å². The Bertz CT molecular complexity index is 953. The summed E-state index contributed by atoms with van der Waals surface area (Å²) in [6.45, 7) is 2.05. The highest BCUT2D eigenvalue weighted by Gasteiger charge is 2.13. The summed E-state index contributed by atoms with van der Waals surface area (Å²) in [7, 11) is 0. The van der Waals surface area contributed by atoms with Crippen molar-refractivity contribution in [2.45, 2.75) is 13.3 Å². The van der Waals surface area contributed by atoms with E-state index in [1.54, 1.807) is 19.1 Å². The van der Waals surface area contributed by atoms with Crippen LogP contribution < -0.4 is 0 Å². The number of ether oxygens (including phenoxy) is 1. The largest absolute Gasteiger partial charge is 0.462 e. The fourth-order valence-corrected chi connectivity index (χ4v) is 2.79. The van der Waals surface area contributed by atoms with Gasteiger partial charge in [0.25, 0.3) is 0 Å². The van der Waals surface area contributed by atoms with E-state index in [0.29, 0.717) is 30.0 Å². The van der Waals surface area contributed by atoms with Crippen molar-refractivity contribution in [2.24, 2.45) is 5.16 Å². The Morgan fingerprint density at radius 1 is 1.04 bits per heavy atom.